The number of piperidine rings is 1. The van der Waals surface area contributed by atoms with Crippen LogP contribution in [0.4, 0.5) is 0 Å². The third-order valence-electron chi connectivity index (χ3n) is 3.69. The van der Waals surface area contributed by atoms with Crippen molar-refractivity contribution in [2.45, 2.75) is 38.5 Å². The summed E-state index contributed by atoms with van der Waals surface area (Å²) >= 11 is 0. The highest BCUT2D eigenvalue weighted by atomic mass is 16.5. The highest BCUT2D eigenvalue weighted by molar-refractivity contribution is 5.11. The van der Waals surface area contributed by atoms with Crippen molar-refractivity contribution in [2.75, 3.05) is 20.2 Å². The average molecular weight is 249 g/mol. The van der Waals surface area contributed by atoms with Gasteiger partial charge in [-0.2, -0.15) is 0 Å². The van der Waals surface area contributed by atoms with Gasteiger partial charge in [-0.15, -0.1) is 0 Å². The van der Waals surface area contributed by atoms with Gasteiger partial charge in [0.25, 0.3) is 0 Å². The number of hydrogen-bond acceptors (Lipinski definition) is 4. The topological polar surface area (TPSA) is 51.4 Å². The summed E-state index contributed by atoms with van der Waals surface area (Å²) in [4.78, 5) is 6.96. The van der Waals surface area contributed by atoms with E-state index in [4.69, 9.17) is 10.5 Å². The lowest BCUT2D eigenvalue weighted by Crippen LogP contribution is -2.46. The Balaban J connectivity index is 2.00. The first-order valence-corrected chi connectivity index (χ1v) is 6.57. The number of pyridine rings is 1. The predicted octanol–water partition coefficient (Wildman–Crippen LogP) is 1.54. The molecule has 0 amide bonds. The SMILES string of the molecule is COC1(C)CCCN(Cc2cccc(CN)n2)C1. The van der Waals surface area contributed by atoms with Gasteiger partial charge in [0.05, 0.1) is 17.0 Å². The van der Waals surface area contributed by atoms with Crippen molar-refractivity contribution in [1.29, 1.82) is 0 Å². The Morgan fingerprint density at radius 2 is 2.22 bits per heavy atom. The first-order chi connectivity index (χ1) is 8.65. The number of hydrogen-bond donors (Lipinski definition) is 1. The Morgan fingerprint density at radius 1 is 1.44 bits per heavy atom. The van der Waals surface area contributed by atoms with E-state index in [0.717, 1.165) is 37.4 Å². The molecule has 0 aromatic carbocycles. The summed E-state index contributed by atoms with van der Waals surface area (Å²) in [5, 5.41) is 0. The maximum atomic E-state index is 5.62. The van der Waals surface area contributed by atoms with Gasteiger partial charge < -0.3 is 10.5 Å². The van der Waals surface area contributed by atoms with E-state index in [1.165, 1.54) is 6.42 Å². The first-order valence-electron chi connectivity index (χ1n) is 6.57. The molecule has 1 aromatic rings. The first kappa shape index (κ1) is 13.5. The molecule has 0 spiro atoms. The quantitative estimate of drug-likeness (QED) is 0.879. The maximum absolute atomic E-state index is 5.62. The van der Waals surface area contributed by atoms with Crippen molar-refractivity contribution in [3.8, 4) is 0 Å². The molecule has 1 aliphatic heterocycles. The largest absolute Gasteiger partial charge is 0.377 e. The summed E-state index contributed by atoms with van der Waals surface area (Å²) in [5.41, 5.74) is 7.66. The third-order valence-corrected chi connectivity index (χ3v) is 3.69. The third kappa shape index (κ3) is 3.28. The van der Waals surface area contributed by atoms with Crippen molar-refractivity contribution in [1.82, 2.24) is 9.88 Å². The Labute approximate surface area is 109 Å². The fourth-order valence-electron chi connectivity index (χ4n) is 2.57. The van der Waals surface area contributed by atoms with Crippen molar-refractivity contribution < 1.29 is 4.74 Å². The number of aromatic nitrogens is 1. The zero-order chi connectivity index (χ0) is 13.0. The molecular formula is C14H23N3O. The minimum atomic E-state index is -0.0102. The zero-order valence-corrected chi connectivity index (χ0v) is 11.4. The fraction of sp³-hybridized carbons (Fsp3) is 0.643. The van der Waals surface area contributed by atoms with Gasteiger partial charge in [-0.3, -0.25) is 9.88 Å². The number of likely N-dealkylation sites (tertiary alicyclic amines) is 1. The van der Waals surface area contributed by atoms with Crippen LogP contribution in [0, 0.1) is 0 Å². The van der Waals surface area contributed by atoms with Gasteiger partial charge in [-0.25, -0.2) is 0 Å². The predicted molar refractivity (Wildman–Crippen MR) is 72.1 cm³/mol. The summed E-state index contributed by atoms with van der Waals surface area (Å²) < 4.78 is 5.61. The second-order valence-corrected chi connectivity index (χ2v) is 5.29. The van der Waals surface area contributed by atoms with Crippen LogP contribution >= 0.6 is 0 Å². The van der Waals surface area contributed by atoms with Crippen LogP contribution in [0.25, 0.3) is 0 Å². The van der Waals surface area contributed by atoms with Crippen LogP contribution in [0.5, 0.6) is 0 Å². The number of nitrogens with two attached hydrogens (primary N) is 1. The molecule has 2 heterocycles. The molecule has 1 unspecified atom stereocenters. The number of methoxy groups -OCH3 is 1. The van der Waals surface area contributed by atoms with Crippen molar-refractivity contribution in [2.24, 2.45) is 5.73 Å². The highest BCUT2D eigenvalue weighted by Crippen LogP contribution is 2.24. The Bertz CT molecular complexity index is 396. The van der Waals surface area contributed by atoms with Gasteiger partial charge in [0.1, 0.15) is 0 Å². The van der Waals surface area contributed by atoms with E-state index in [2.05, 4.69) is 22.9 Å². The molecule has 1 aliphatic rings. The summed E-state index contributed by atoms with van der Waals surface area (Å²) in [6, 6.07) is 6.07. The number of ether oxygens (including phenoxy) is 1. The summed E-state index contributed by atoms with van der Waals surface area (Å²) in [7, 11) is 1.80. The molecular weight excluding hydrogens is 226 g/mol. The van der Waals surface area contributed by atoms with Crippen LogP contribution in [-0.2, 0) is 17.8 Å². The van der Waals surface area contributed by atoms with Gasteiger partial charge in [-0.05, 0) is 38.4 Å². The van der Waals surface area contributed by atoms with Gasteiger partial charge in [0, 0.05) is 26.7 Å². The Kier molecular flexibility index (Phi) is 4.32. The number of nitrogens with zero attached hydrogens (tertiary/aromatic N) is 2. The molecule has 1 saturated heterocycles. The van der Waals surface area contributed by atoms with E-state index in [0.29, 0.717) is 6.54 Å². The molecule has 2 rings (SSSR count). The molecule has 18 heavy (non-hydrogen) atoms. The van der Waals surface area contributed by atoms with E-state index in [1.807, 2.05) is 12.1 Å². The van der Waals surface area contributed by atoms with Crippen molar-refractivity contribution in [3.63, 3.8) is 0 Å². The summed E-state index contributed by atoms with van der Waals surface area (Å²) in [5.74, 6) is 0. The molecule has 1 fully saturated rings. The highest BCUT2D eigenvalue weighted by Gasteiger charge is 2.30. The van der Waals surface area contributed by atoms with Crippen LogP contribution < -0.4 is 5.73 Å². The van der Waals surface area contributed by atoms with Gasteiger partial charge in [-0.1, -0.05) is 6.07 Å². The monoisotopic (exact) mass is 249 g/mol. The van der Waals surface area contributed by atoms with Crippen molar-refractivity contribution >= 4 is 0 Å². The van der Waals surface area contributed by atoms with Crippen LogP contribution in [0.3, 0.4) is 0 Å². The van der Waals surface area contributed by atoms with Crippen LogP contribution in [0.2, 0.25) is 0 Å². The molecule has 0 bridgehead atoms. The lowest BCUT2D eigenvalue weighted by Gasteiger charge is -2.39. The smallest absolute Gasteiger partial charge is 0.0777 e. The molecule has 4 nitrogen and oxygen atoms in total. The van der Waals surface area contributed by atoms with E-state index in [1.54, 1.807) is 7.11 Å². The van der Waals surface area contributed by atoms with E-state index >= 15 is 0 Å². The molecule has 1 atom stereocenters. The maximum Gasteiger partial charge on any atom is 0.0777 e. The molecule has 2 N–H and O–H groups in total. The minimum Gasteiger partial charge on any atom is -0.377 e. The Hall–Kier alpha value is -0.970. The fourth-order valence-corrected chi connectivity index (χ4v) is 2.57. The van der Waals surface area contributed by atoms with Crippen molar-refractivity contribution in [3.05, 3.63) is 29.6 Å². The molecule has 0 aliphatic carbocycles. The average Bonchev–Trinajstić information content (AvgIpc) is 2.39. The van der Waals surface area contributed by atoms with Crippen LogP contribution in [-0.4, -0.2) is 35.7 Å². The lowest BCUT2D eigenvalue weighted by atomic mass is 9.94. The van der Waals surface area contributed by atoms with E-state index in [-0.39, 0.29) is 5.60 Å². The zero-order valence-electron chi connectivity index (χ0n) is 11.4. The number of rotatable bonds is 4. The Morgan fingerprint density at radius 3 is 2.94 bits per heavy atom. The van der Waals surface area contributed by atoms with E-state index < -0.39 is 0 Å². The molecule has 4 heteroatoms. The molecule has 0 saturated carbocycles. The normalized spacial score (nSPS) is 25.3. The van der Waals surface area contributed by atoms with Gasteiger partial charge in [0.2, 0.25) is 0 Å². The lowest BCUT2D eigenvalue weighted by molar-refractivity contribution is -0.0529. The van der Waals surface area contributed by atoms with Gasteiger partial charge in [0.15, 0.2) is 0 Å². The second-order valence-electron chi connectivity index (χ2n) is 5.29. The molecule has 0 radical (unpaired) electrons. The standard InChI is InChI=1S/C14H23N3O/c1-14(18-2)7-4-8-17(11-14)10-13-6-3-5-12(9-15)16-13/h3,5-6H,4,7-11,15H2,1-2H3. The summed E-state index contributed by atoms with van der Waals surface area (Å²) in [6.07, 6.45) is 2.32. The van der Waals surface area contributed by atoms with E-state index in [9.17, 15) is 0 Å². The van der Waals surface area contributed by atoms with Gasteiger partial charge >= 0.3 is 0 Å². The minimum absolute atomic E-state index is 0.0102. The molecule has 1 aromatic heterocycles. The second kappa shape index (κ2) is 5.78. The van der Waals surface area contributed by atoms with Crippen LogP contribution in [0.1, 0.15) is 31.2 Å². The molecule has 100 valence electrons. The van der Waals surface area contributed by atoms with Crippen LogP contribution in [0.15, 0.2) is 18.2 Å². The summed E-state index contributed by atoms with van der Waals surface area (Å²) in [6.45, 7) is 5.66.